The zero-order valence-electron chi connectivity index (χ0n) is 33.9. The Kier molecular flexibility index (Phi) is 30.2. The third-order valence-electron chi connectivity index (χ3n) is 8.62. The topological polar surface area (TPSA) is 141 Å². The number of carbonyl (C=O) groups is 5. The van der Waals surface area contributed by atoms with E-state index in [1.54, 1.807) is 20.8 Å². The molecule has 11 heteroatoms. The Morgan fingerprint density at radius 1 is 0.519 bits per heavy atom. The molecular formula is C41H74O11. The quantitative estimate of drug-likeness (QED) is 0.0354. The van der Waals surface area contributed by atoms with Crippen LogP contribution in [0.15, 0.2) is 0 Å². The van der Waals surface area contributed by atoms with E-state index in [0.29, 0.717) is 32.1 Å². The van der Waals surface area contributed by atoms with Crippen LogP contribution in [0.4, 0.5) is 0 Å². The van der Waals surface area contributed by atoms with Gasteiger partial charge in [-0.3, -0.25) is 24.0 Å². The fourth-order valence-corrected chi connectivity index (χ4v) is 5.12. The molecule has 0 rings (SSSR count). The lowest BCUT2D eigenvalue weighted by atomic mass is 9.93. The van der Waals surface area contributed by atoms with Gasteiger partial charge in [0.1, 0.15) is 25.2 Å². The zero-order chi connectivity index (χ0) is 39.0. The van der Waals surface area contributed by atoms with E-state index in [0.717, 1.165) is 38.5 Å². The Bertz CT molecular complexity index is 930. The number of carbonyl (C=O) groups excluding carboxylic acids is 5. The number of esters is 5. The monoisotopic (exact) mass is 743 g/mol. The van der Waals surface area contributed by atoms with Crippen molar-refractivity contribution in [3.05, 3.63) is 0 Å². The molecule has 0 heterocycles. The van der Waals surface area contributed by atoms with Gasteiger partial charge in [-0.15, -0.1) is 0 Å². The summed E-state index contributed by atoms with van der Waals surface area (Å²) in [5, 5.41) is 0. The van der Waals surface area contributed by atoms with Crippen LogP contribution in [-0.2, 0) is 52.4 Å². The normalized spacial score (nSPS) is 12.5. The smallest absolute Gasteiger partial charge is 0.317 e. The summed E-state index contributed by atoms with van der Waals surface area (Å²) in [6, 6.07) is 0. The molecule has 0 saturated heterocycles. The fourth-order valence-electron chi connectivity index (χ4n) is 5.12. The first kappa shape index (κ1) is 49.3. The van der Waals surface area contributed by atoms with Gasteiger partial charge in [-0.05, 0) is 52.9 Å². The van der Waals surface area contributed by atoms with Crippen LogP contribution < -0.4 is 0 Å². The molecular weight excluding hydrogens is 668 g/mol. The molecule has 304 valence electrons. The Morgan fingerprint density at radius 2 is 0.962 bits per heavy atom. The molecule has 1 atom stereocenters. The summed E-state index contributed by atoms with van der Waals surface area (Å²) in [7, 11) is 0. The molecule has 1 unspecified atom stereocenters. The van der Waals surface area contributed by atoms with Gasteiger partial charge in [0.15, 0.2) is 6.10 Å². The molecule has 0 aliphatic rings. The van der Waals surface area contributed by atoms with Crippen LogP contribution >= 0.6 is 0 Å². The number of hydrogen-bond acceptors (Lipinski definition) is 11. The Balaban J connectivity index is 4.78. The summed E-state index contributed by atoms with van der Waals surface area (Å²) in [6.45, 7) is 12.9. The average Bonchev–Trinajstić information content (AvgIpc) is 3.11. The van der Waals surface area contributed by atoms with Crippen molar-refractivity contribution >= 4 is 29.8 Å². The molecule has 0 radical (unpaired) electrons. The molecule has 0 aromatic heterocycles. The fraction of sp³-hybridized carbons (Fsp3) is 0.878. The van der Waals surface area contributed by atoms with Gasteiger partial charge in [0.25, 0.3) is 0 Å². The van der Waals surface area contributed by atoms with Gasteiger partial charge in [-0.25, -0.2) is 0 Å². The summed E-state index contributed by atoms with van der Waals surface area (Å²) in [5.74, 6) is -2.45. The second-order valence-corrected chi connectivity index (χ2v) is 14.8. The molecule has 52 heavy (non-hydrogen) atoms. The van der Waals surface area contributed by atoms with E-state index in [4.69, 9.17) is 28.4 Å². The Morgan fingerprint density at radius 3 is 1.42 bits per heavy atom. The van der Waals surface area contributed by atoms with Crippen molar-refractivity contribution < 1.29 is 52.4 Å². The molecule has 0 aliphatic carbocycles. The maximum absolute atomic E-state index is 12.9. The molecule has 0 spiro atoms. The van der Waals surface area contributed by atoms with Crippen LogP contribution in [0, 0.1) is 11.3 Å². The molecule has 0 fully saturated rings. The number of ether oxygens (including phenoxy) is 6. The lowest BCUT2D eigenvalue weighted by Gasteiger charge is -2.28. The first-order chi connectivity index (χ1) is 24.8. The molecule has 0 aromatic carbocycles. The lowest BCUT2D eigenvalue weighted by molar-refractivity contribution is -0.169. The van der Waals surface area contributed by atoms with Gasteiger partial charge in [0.05, 0.1) is 25.2 Å². The van der Waals surface area contributed by atoms with Gasteiger partial charge < -0.3 is 28.4 Å². The Hall–Kier alpha value is -2.69. The molecule has 0 aliphatic heterocycles. The minimum atomic E-state index is -1.15. The van der Waals surface area contributed by atoms with Crippen LogP contribution in [0.1, 0.15) is 177 Å². The second-order valence-electron chi connectivity index (χ2n) is 14.8. The van der Waals surface area contributed by atoms with E-state index in [1.165, 1.54) is 51.4 Å². The molecule has 0 N–H and O–H groups in total. The SMILES string of the molecule is CCCCCCCCCC(=O)OCC(COC(=O)CCCCCCCCC)OC(=O)CCCCCOC(=O)C(C)(COC(=O)C(C)C)COC(C)C. The van der Waals surface area contributed by atoms with Crippen LogP contribution in [0.5, 0.6) is 0 Å². The van der Waals surface area contributed by atoms with Crippen molar-refractivity contribution in [2.75, 3.05) is 33.0 Å². The van der Waals surface area contributed by atoms with Crippen molar-refractivity contribution in [3.63, 3.8) is 0 Å². The minimum absolute atomic E-state index is 0.0464. The summed E-state index contributed by atoms with van der Waals surface area (Å²) >= 11 is 0. The van der Waals surface area contributed by atoms with Gasteiger partial charge in [-0.1, -0.05) is 105 Å². The number of rotatable bonds is 34. The highest BCUT2D eigenvalue weighted by Gasteiger charge is 2.38. The molecule has 0 aromatic rings. The van der Waals surface area contributed by atoms with Crippen molar-refractivity contribution in [2.24, 2.45) is 11.3 Å². The first-order valence-electron chi connectivity index (χ1n) is 20.3. The lowest BCUT2D eigenvalue weighted by Crippen LogP contribution is -2.41. The zero-order valence-corrected chi connectivity index (χ0v) is 33.9. The number of unbranched alkanes of at least 4 members (excludes halogenated alkanes) is 14. The standard InChI is InChI=1S/C41H74O11/c1-8-10-12-14-16-18-21-25-36(42)48-29-35(30-49-37(43)26-22-19-17-15-13-11-9-2)52-38(44)27-23-20-24-28-47-40(46)41(7,31-50-34(5)6)32-51-39(45)33(3)4/h33-35H,8-32H2,1-7H3. The Labute approximate surface area is 315 Å². The van der Waals surface area contributed by atoms with Crippen molar-refractivity contribution in [1.82, 2.24) is 0 Å². The van der Waals surface area contributed by atoms with Crippen LogP contribution in [0.2, 0.25) is 0 Å². The van der Waals surface area contributed by atoms with E-state index < -0.39 is 29.4 Å². The minimum Gasteiger partial charge on any atom is -0.465 e. The van der Waals surface area contributed by atoms with E-state index in [1.807, 2.05) is 13.8 Å². The van der Waals surface area contributed by atoms with E-state index in [9.17, 15) is 24.0 Å². The first-order valence-corrected chi connectivity index (χ1v) is 20.3. The largest absolute Gasteiger partial charge is 0.465 e. The summed E-state index contributed by atoms with van der Waals surface area (Å²) in [6.07, 6.45) is 16.5. The van der Waals surface area contributed by atoms with Crippen LogP contribution in [-0.4, -0.2) is 75.1 Å². The third-order valence-corrected chi connectivity index (χ3v) is 8.62. The highest BCUT2D eigenvalue weighted by atomic mass is 16.6. The second kappa shape index (κ2) is 31.8. The predicted molar refractivity (Wildman–Crippen MR) is 201 cm³/mol. The molecule has 0 bridgehead atoms. The molecule has 11 nitrogen and oxygen atoms in total. The van der Waals surface area contributed by atoms with Gasteiger partial charge in [0, 0.05) is 19.3 Å². The van der Waals surface area contributed by atoms with E-state index in [2.05, 4.69) is 13.8 Å². The van der Waals surface area contributed by atoms with E-state index in [-0.39, 0.29) is 63.4 Å². The van der Waals surface area contributed by atoms with Crippen molar-refractivity contribution in [3.8, 4) is 0 Å². The van der Waals surface area contributed by atoms with E-state index >= 15 is 0 Å². The van der Waals surface area contributed by atoms with Gasteiger partial charge in [0.2, 0.25) is 0 Å². The summed E-state index contributed by atoms with van der Waals surface area (Å²) in [4.78, 5) is 62.4. The third kappa shape index (κ3) is 27.9. The van der Waals surface area contributed by atoms with Crippen molar-refractivity contribution in [2.45, 2.75) is 189 Å². The average molecular weight is 743 g/mol. The molecule has 0 amide bonds. The maximum atomic E-state index is 12.9. The summed E-state index contributed by atoms with van der Waals surface area (Å²) in [5.41, 5.74) is -1.15. The highest BCUT2D eigenvalue weighted by Crippen LogP contribution is 2.22. The van der Waals surface area contributed by atoms with Crippen LogP contribution in [0.25, 0.3) is 0 Å². The maximum Gasteiger partial charge on any atom is 0.317 e. The van der Waals surface area contributed by atoms with Crippen LogP contribution in [0.3, 0.4) is 0 Å². The van der Waals surface area contributed by atoms with Crippen molar-refractivity contribution in [1.29, 1.82) is 0 Å². The predicted octanol–water partition coefficient (Wildman–Crippen LogP) is 9.00. The highest BCUT2D eigenvalue weighted by molar-refractivity contribution is 5.78. The van der Waals surface area contributed by atoms with Gasteiger partial charge >= 0.3 is 29.8 Å². The molecule has 0 saturated carbocycles. The summed E-state index contributed by atoms with van der Waals surface area (Å²) < 4.78 is 32.9. The number of hydrogen-bond donors (Lipinski definition) is 0. The van der Waals surface area contributed by atoms with Gasteiger partial charge in [-0.2, -0.15) is 0 Å².